The van der Waals surface area contributed by atoms with Crippen molar-refractivity contribution in [3.8, 4) is 6.07 Å². The smallest absolute Gasteiger partial charge is 0.382 e. The van der Waals surface area contributed by atoms with Gasteiger partial charge in [-0.25, -0.2) is 0 Å². The van der Waals surface area contributed by atoms with Crippen molar-refractivity contribution in [2.75, 3.05) is 18.5 Å². The van der Waals surface area contributed by atoms with Crippen molar-refractivity contribution >= 4 is 5.69 Å². The van der Waals surface area contributed by atoms with Crippen molar-refractivity contribution in [2.24, 2.45) is 5.92 Å². The van der Waals surface area contributed by atoms with Crippen LogP contribution in [0.5, 0.6) is 0 Å². The molecule has 1 atom stereocenters. The highest BCUT2D eigenvalue weighted by atomic mass is 19.4. The summed E-state index contributed by atoms with van der Waals surface area (Å²) in [6.07, 6.45) is -2.64. The number of nitriles is 1. The van der Waals surface area contributed by atoms with Crippen LogP contribution in [0.1, 0.15) is 30.9 Å². The summed E-state index contributed by atoms with van der Waals surface area (Å²) in [5.41, 5.74) is -0.709. The Hall–Kier alpha value is -1.74. The average molecular weight is 298 g/mol. The fourth-order valence-electron chi connectivity index (χ4n) is 2.57. The number of ether oxygens (including phenoxy) is 1. The molecule has 1 aliphatic rings. The van der Waals surface area contributed by atoms with Crippen molar-refractivity contribution in [3.63, 3.8) is 0 Å². The fraction of sp³-hybridized carbons (Fsp3) is 0.533. The highest BCUT2D eigenvalue weighted by Gasteiger charge is 2.33. The molecule has 2 rings (SSSR count). The molecule has 1 saturated heterocycles. The summed E-state index contributed by atoms with van der Waals surface area (Å²) >= 11 is 0. The number of rotatable bonds is 3. The van der Waals surface area contributed by atoms with Crippen LogP contribution in [-0.4, -0.2) is 19.3 Å². The van der Waals surface area contributed by atoms with Crippen molar-refractivity contribution < 1.29 is 17.9 Å². The molecule has 1 fully saturated rings. The van der Waals surface area contributed by atoms with Gasteiger partial charge in [0.05, 0.1) is 17.2 Å². The molecule has 0 aliphatic carbocycles. The molecular weight excluding hydrogens is 281 g/mol. The van der Waals surface area contributed by atoms with Crippen LogP contribution >= 0.6 is 0 Å². The van der Waals surface area contributed by atoms with E-state index in [9.17, 15) is 13.2 Å². The first-order valence-corrected chi connectivity index (χ1v) is 6.87. The number of benzene rings is 1. The van der Waals surface area contributed by atoms with Gasteiger partial charge in [0, 0.05) is 24.9 Å². The lowest BCUT2D eigenvalue weighted by Gasteiger charge is -2.29. The van der Waals surface area contributed by atoms with Gasteiger partial charge >= 0.3 is 6.18 Å². The molecule has 0 saturated carbocycles. The second-order valence-electron chi connectivity index (χ2n) is 5.25. The summed E-state index contributed by atoms with van der Waals surface area (Å²) in [6, 6.07) is 5.33. The second-order valence-corrected chi connectivity index (χ2v) is 5.25. The van der Waals surface area contributed by atoms with E-state index >= 15 is 0 Å². The molecule has 0 bridgehead atoms. The number of nitrogens with zero attached hydrogens (tertiary/aromatic N) is 1. The molecule has 0 radical (unpaired) electrons. The lowest BCUT2D eigenvalue weighted by molar-refractivity contribution is -0.137. The van der Waals surface area contributed by atoms with Crippen LogP contribution in [0.4, 0.5) is 18.9 Å². The predicted octanol–water partition coefficient (Wildman–Crippen LogP) is 3.80. The fourth-order valence-corrected chi connectivity index (χ4v) is 2.57. The Morgan fingerprint density at radius 3 is 2.57 bits per heavy atom. The van der Waals surface area contributed by atoms with Gasteiger partial charge in [-0.3, -0.25) is 0 Å². The molecule has 3 nitrogen and oxygen atoms in total. The van der Waals surface area contributed by atoms with Gasteiger partial charge < -0.3 is 10.1 Å². The van der Waals surface area contributed by atoms with Crippen molar-refractivity contribution in [1.29, 1.82) is 5.26 Å². The van der Waals surface area contributed by atoms with Gasteiger partial charge in [-0.2, -0.15) is 18.4 Å². The summed E-state index contributed by atoms with van der Waals surface area (Å²) < 4.78 is 43.5. The van der Waals surface area contributed by atoms with Crippen LogP contribution < -0.4 is 5.32 Å². The molecule has 1 aliphatic heterocycles. The summed E-state index contributed by atoms with van der Waals surface area (Å²) in [5, 5.41) is 12.1. The third-order valence-corrected chi connectivity index (χ3v) is 3.81. The maximum Gasteiger partial charge on any atom is 0.417 e. The van der Waals surface area contributed by atoms with E-state index in [1.54, 1.807) is 6.07 Å². The van der Waals surface area contributed by atoms with Crippen molar-refractivity contribution in [1.82, 2.24) is 0 Å². The molecule has 0 aromatic heterocycles. The van der Waals surface area contributed by atoms with Gasteiger partial charge in [-0.15, -0.1) is 0 Å². The van der Waals surface area contributed by atoms with E-state index in [0.29, 0.717) is 24.8 Å². The average Bonchev–Trinajstić information content (AvgIpc) is 2.46. The van der Waals surface area contributed by atoms with Crippen LogP contribution in [0, 0.1) is 17.2 Å². The molecule has 1 unspecified atom stereocenters. The number of halogens is 3. The summed E-state index contributed by atoms with van der Waals surface area (Å²) in [4.78, 5) is 0. The summed E-state index contributed by atoms with van der Waals surface area (Å²) in [7, 11) is 0. The second kappa shape index (κ2) is 6.35. The highest BCUT2D eigenvalue weighted by molar-refractivity contribution is 5.54. The molecule has 21 heavy (non-hydrogen) atoms. The van der Waals surface area contributed by atoms with E-state index in [2.05, 4.69) is 5.32 Å². The minimum atomic E-state index is -4.50. The lowest BCUT2D eigenvalue weighted by atomic mass is 9.92. The largest absolute Gasteiger partial charge is 0.417 e. The Morgan fingerprint density at radius 1 is 1.33 bits per heavy atom. The lowest BCUT2D eigenvalue weighted by Crippen LogP contribution is -2.31. The van der Waals surface area contributed by atoms with Crippen molar-refractivity contribution in [3.05, 3.63) is 29.3 Å². The molecule has 1 aromatic rings. The standard InChI is InChI=1S/C15H17F3N2O/c1-10(11-4-6-21-7-5-11)20-13-2-3-14(15(16,17)18)12(8-13)9-19/h2-3,8,10-11,20H,4-7H2,1H3. The predicted molar refractivity (Wildman–Crippen MR) is 72.8 cm³/mol. The molecule has 0 amide bonds. The Labute approximate surface area is 121 Å². The van der Waals surface area contributed by atoms with Crippen molar-refractivity contribution in [2.45, 2.75) is 32.0 Å². The van der Waals surface area contributed by atoms with Gasteiger partial charge in [-0.1, -0.05) is 0 Å². The maximum atomic E-state index is 12.7. The number of hydrogen-bond acceptors (Lipinski definition) is 3. The van der Waals surface area contributed by atoms with E-state index < -0.39 is 11.7 Å². The molecule has 1 N–H and O–H groups in total. The third kappa shape index (κ3) is 3.88. The topological polar surface area (TPSA) is 45.0 Å². The van der Waals surface area contributed by atoms with Crippen LogP contribution in [0.15, 0.2) is 18.2 Å². The summed E-state index contributed by atoms with van der Waals surface area (Å²) in [5.74, 6) is 0.423. The highest BCUT2D eigenvalue weighted by Crippen LogP contribution is 2.33. The zero-order valence-electron chi connectivity index (χ0n) is 11.7. The first-order valence-electron chi connectivity index (χ1n) is 6.87. The van der Waals surface area contributed by atoms with E-state index in [1.807, 2.05) is 6.92 Å². The molecular formula is C15H17F3N2O. The number of hydrogen-bond donors (Lipinski definition) is 1. The Kier molecular flexibility index (Phi) is 4.73. The quantitative estimate of drug-likeness (QED) is 0.923. The molecule has 0 spiro atoms. The van der Waals surface area contributed by atoms with Gasteiger partial charge in [0.25, 0.3) is 0 Å². The van der Waals surface area contributed by atoms with E-state index in [4.69, 9.17) is 10.00 Å². The third-order valence-electron chi connectivity index (χ3n) is 3.81. The number of nitrogens with one attached hydrogen (secondary N) is 1. The van der Waals surface area contributed by atoms with Crippen LogP contribution in [0.3, 0.4) is 0 Å². The zero-order valence-corrected chi connectivity index (χ0v) is 11.7. The minimum absolute atomic E-state index is 0.122. The SMILES string of the molecule is CC(Nc1ccc(C(F)(F)F)c(C#N)c1)C1CCOCC1. The first-order chi connectivity index (χ1) is 9.91. The number of alkyl halides is 3. The minimum Gasteiger partial charge on any atom is -0.382 e. The Morgan fingerprint density at radius 2 is 2.00 bits per heavy atom. The van der Waals surface area contributed by atoms with Gasteiger partial charge in [0.1, 0.15) is 0 Å². The van der Waals surface area contributed by atoms with Crippen LogP contribution in [0.2, 0.25) is 0 Å². The van der Waals surface area contributed by atoms with Crippen LogP contribution in [0.25, 0.3) is 0 Å². The normalized spacial score (nSPS) is 18.0. The van der Waals surface area contributed by atoms with Gasteiger partial charge in [0.2, 0.25) is 0 Å². The molecule has 1 heterocycles. The number of anilines is 1. The Balaban J connectivity index is 2.12. The Bertz CT molecular complexity index is 531. The molecule has 6 heteroatoms. The maximum absolute atomic E-state index is 12.7. The van der Waals surface area contributed by atoms with Gasteiger partial charge in [-0.05, 0) is 43.9 Å². The zero-order chi connectivity index (χ0) is 15.5. The first kappa shape index (κ1) is 15.6. The van der Waals surface area contributed by atoms with Crippen LogP contribution in [-0.2, 0) is 10.9 Å². The van der Waals surface area contributed by atoms with Gasteiger partial charge in [0.15, 0.2) is 0 Å². The monoisotopic (exact) mass is 298 g/mol. The molecule has 114 valence electrons. The molecule has 1 aromatic carbocycles. The van der Waals surface area contributed by atoms with E-state index in [0.717, 1.165) is 18.9 Å². The van der Waals surface area contributed by atoms with E-state index in [-0.39, 0.29) is 11.6 Å². The summed E-state index contributed by atoms with van der Waals surface area (Å²) in [6.45, 7) is 3.43. The van der Waals surface area contributed by atoms with E-state index in [1.165, 1.54) is 12.1 Å².